The molecule has 1 saturated heterocycles. The van der Waals surface area contributed by atoms with Crippen molar-refractivity contribution in [1.82, 2.24) is 15.1 Å². The minimum atomic E-state index is -1.01. The SMILES string of the molecule is Cc1ccccc1OCCN(C)CN1C(=O)N[C@@](CC(C)C)(c2ccccc2)C1=O. The van der Waals surface area contributed by atoms with E-state index in [-0.39, 0.29) is 24.5 Å². The van der Waals surface area contributed by atoms with Gasteiger partial charge in [-0.3, -0.25) is 9.69 Å². The highest BCUT2D eigenvalue weighted by Gasteiger charge is 2.52. The van der Waals surface area contributed by atoms with E-state index in [1.54, 1.807) is 0 Å². The average molecular weight is 410 g/mol. The number of rotatable bonds is 9. The summed E-state index contributed by atoms with van der Waals surface area (Å²) < 4.78 is 5.84. The number of urea groups is 1. The second-order valence-electron chi connectivity index (χ2n) is 8.37. The molecule has 1 atom stereocenters. The minimum Gasteiger partial charge on any atom is -0.492 e. The van der Waals surface area contributed by atoms with E-state index >= 15 is 0 Å². The number of carbonyl (C=O) groups is 2. The van der Waals surface area contributed by atoms with Gasteiger partial charge in [-0.2, -0.15) is 0 Å². The summed E-state index contributed by atoms with van der Waals surface area (Å²) in [6, 6.07) is 17.0. The predicted octanol–water partition coefficient (Wildman–Crippen LogP) is 3.76. The van der Waals surface area contributed by atoms with E-state index in [0.717, 1.165) is 16.9 Å². The number of hydrogen-bond donors (Lipinski definition) is 1. The number of para-hydroxylation sites is 1. The summed E-state index contributed by atoms with van der Waals surface area (Å²) in [6.07, 6.45) is 0.554. The van der Waals surface area contributed by atoms with Crippen molar-refractivity contribution >= 4 is 11.9 Å². The molecule has 1 N–H and O–H groups in total. The lowest BCUT2D eigenvalue weighted by atomic mass is 9.82. The largest absolute Gasteiger partial charge is 0.492 e. The number of likely N-dealkylation sites (N-methyl/N-ethyl adjacent to an activating group) is 1. The molecule has 0 radical (unpaired) electrons. The fraction of sp³-hybridized carbons (Fsp3) is 0.417. The van der Waals surface area contributed by atoms with Crippen LogP contribution in [0.3, 0.4) is 0 Å². The van der Waals surface area contributed by atoms with E-state index in [1.165, 1.54) is 4.90 Å². The maximum atomic E-state index is 13.4. The Morgan fingerprint density at radius 3 is 2.40 bits per heavy atom. The van der Waals surface area contributed by atoms with Crippen LogP contribution in [0.25, 0.3) is 0 Å². The van der Waals surface area contributed by atoms with Crippen LogP contribution in [-0.4, -0.2) is 48.6 Å². The summed E-state index contributed by atoms with van der Waals surface area (Å²) in [5.41, 5.74) is 0.894. The van der Waals surface area contributed by atoms with Crippen LogP contribution in [0.1, 0.15) is 31.4 Å². The second-order valence-corrected chi connectivity index (χ2v) is 8.37. The lowest BCUT2D eigenvalue weighted by molar-refractivity contribution is -0.133. The van der Waals surface area contributed by atoms with Gasteiger partial charge in [-0.1, -0.05) is 62.4 Å². The molecular weight excluding hydrogens is 378 g/mol. The number of benzene rings is 2. The highest BCUT2D eigenvalue weighted by molar-refractivity contribution is 6.07. The van der Waals surface area contributed by atoms with Crippen molar-refractivity contribution in [3.8, 4) is 5.75 Å². The Balaban J connectivity index is 1.66. The molecule has 0 saturated carbocycles. The summed E-state index contributed by atoms with van der Waals surface area (Å²) in [4.78, 5) is 29.4. The quantitative estimate of drug-likeness (QED) is 0.641. The lowest BCUT2D eigenvalue weighted by Crippen LogP contribution is -2.46. The van der Waals surface area contributed by atoms with Crippen molar-refractivity contribution in [2.24, 2.45) is 5.92 Å². The molecule has 6 heteroatoms. The topological polar surface area (TPSA) is 61.9 Å². The first kappa shape index (κ1) is 21.8. The zero-order valence-electron chi connectivity index (χ0n) is 18.2. The number of carbonyl (C=O) groups excluding carboxylic acids is 2. The highest BCUT2D eigenvalue weighted by atomic mass is 16.5. The third-order valence-corrected chi connectivity index (χ3v) is 5.36. The number of imide groups is 1. The number of ether oxygens (including phenoxy) is 1. The van der Waals surface area contributed by atoms with Gasteiger partial charge in [-0.15, -0.1) is 0 Å². The monoisotopic (exact) mass is 409 g/mol. The van der Waals surface area contributed by atoms with Crippen LogP contribution in [0.5, 0.6) is 5.75 Å². The lowest BCUT2D eigenvalue weighted by Gasteiger charge is -2.29. The molecule has 0 aromatic heterocycles. The van der Waals surface area contributed by atoms with E-state index in [9.17, 15) is 9.59 Å². The summed E-state index contributed by atoms with van der Waals surface area (Å²) >= 11 is 0. The summed E-state index contributed by atoms with van der Waals surface area (Å²) in [5.74, 6) is 0.898. The van der Waals surface area contributed by atoms with Gasteiger partial charge >= 0.3 is 6.03 Å². The van der Waals surface area contributed by atoms with E-state index in [2.05, 4.69) is 19.2 Å². The first-order chi connectivity index (χ1) is 14.3. The Morgan fingerprint density at radius 2 is 1.73 bits per heavy atom. The second kappa shape index (κ2) is 9.30. The number of hydrogen-bond acceptors (Lipinski definition) is 4. The molecule has 2 aromatic rings. The van der Waals surface area contributed by atoms with Crippen molar-refractivity contribution in [1.29, 1.82) is 0 Å². The Labute approximate surface area is 178 Å². The molecule has 2 aromatic carbocycles. The molecule has 6 nitrogen and oxygen atoms in total. The van der Waals surface area contributed by atoms with Gasteiger partial charge in [0.15, 0.2) is 0 Å². The van der Waals surface area contributed by atoms with Crippen molar-refractivity contribution < 1.29 is 14.3 Å². The Morgan fingerprint density at radius 1 is 1.07 bits per heavy atom. The van der Waals surface area contributed by atoms with Gasteiger partial charge in [0.05, 0.1) is 6.67 Å². The summed E-state index contributed by atoms with van der Waals surface area (Å²) in [5, 5.41) is 2.99. The van der Waals surface area contributed by atoms with Gasteiger partial charge in [-0.25, -0.2) is 9.69 Å². The summed E-state index contributed by atoms with van der Waals surface area (Å²) in [6.45, 7) is 7.40. The maximum absolute atomic E-state index is 13.4. The molecule has 1 heterocycles. The molecule has 0 aliphatic carbocycles. The van der Waals surface area contributed by atoms with Gasteiger partial charge in [0.25, 0.3) is 5.91 Å². The smallest absolute Gasteiger partial charge is 0.326 e. The molecule has 0 unspecified atom stereocenters. The van der Waals surface area contributed by atoms with Crippen molar-refractivity contribution in [3.05, 3.63) is 65.7 Å². The Kier molecular flexibility index (Phi) is 6.77. The van der Waals surface area contributed by atoms with Crippen LogP contribution in [0.15, 0.2) is 54.6 Å². The zero-order chi connectivity index (χ0) is 21.7. The van der Waals surface area contributed by atoms with Gasteiger partial charge in [-0.05, 0) is 43.5 Å². The van der Waals surface area contributed by atoms with Crippen molar-refractivity contribution in [2.75, 3.05) is 26.9 Å². The van der Waals surface area contributed by atoms with Crippen LogP contribution >= 0.6 is 0 Å². The van der Waals surface area contributed by atoms with E-state index in [4.69, 9.17) is 4.74 Å². The molecular formula is C24H31N3O3. The highest BCUT2D eigenvalue weighted by Crippen LogP contribution is 2.35. The van der Waals surface area contributed by atoms with Crippen LogP contribution in [0.4, 0.5) is 4.79 Å². The summed E-state index contributed by atoms with van der Waals surface area (Å²) in [7, 11) is 1.88. The molecule has 30 heavy (non-hydrogen) atoms. The molecule has 1 aliphatic rings. The number of nitrogens with zero attached hydrogens (tertiary/aromatic N) is 2. The van der Waals surface area contributed by atoms with E-state index < -0.39 is 5.54 Å². The van der Waals surface area contributed by atoms with E-state index in [1.807, 2.05) is 73.5 Å². The number of aryl methyl sites for hydroxylation is 1. The third-order valence-electron chi connectivity index (χ3n) is 5.36. The fourth-order valence-corrected chi connectivity index (χ4v) is 3.88. The van der Waals surface area contributed by atoms with Crippen molar-refractivity contribution in [3.63, 3.8) is 0 Å². The fourth-order valence-electron chi connectivity index (χ4n) is 3.88. The van der Waals surface area contributed by atoms with Gasteiger partial charge in [0.2, 0.25) is 0 Å². The number of amides is 3. The first-order valence-corrected chi connectivity index (χ1v) is 10.4. The van der Waals surface area contributed by atoms with Crippen LogP contribution in [0, 0.1) is 12.8 Å². The van der Waals surface area contributed by atoms with Gasteiger partial charge in [0.1, 0.15) is 17.9 Å². The molecule has 3 amide bonds. The standard InChI is InChI=1S/C24H31N3O3/c1-18(2)16-24(20-11-6-5-7-12-20)22(28)27(23(29)25-24)17-26(4)14-15-30-21-13-9-8-10-19(21)3/h5-13,18H,14-17H2,1-4H3,(H,25,29)/t24-/m0/s1. The zero-order valence-corrected chi connectivity index (χ0v) is 18.2. The minimum absolute atomic E-state index is 0.195. The Bertz CT molecular complexity index is 884. The molecule has 1 aliphatic heterocycles. The predicted molar refractivity (Wildman–Crippen MR) is 117 cm³/mol. The maximum Gasteiger partial charge on any atom is 0.326 e. The number of nitrogens with one attached hydrogen (secondary N) is 1. The third kappa shape index (κ3) is 4.65. The van der Waals surface area contributed by atoms with Gasteiger partial charge < -0.3 is 10.1 Å². The molecule has 160 valence electrons. The van der Waals surface area contributed by atoms with Crippen LogP contribution in [-0.2, 0) is 10.3 Å². The van der Waals surface area contributed by atoms with Gasteiger partial charge in [0, 0.05) is 6.54 Å². The normalized spacial score (nSPS) is 18.9. The molecule has 1 fully saturated rings. The van der Waals surface area contributed by atoms with Crippen molar-refractivity contribution in [2.45, 2.75) is 32.7 Å². The Hall–Kier alpha value is -2.86. The molecule has 3 rings (SSSR count). The first-order valence-electron chi connectivity index (χ1n) is 10.4. The average Bonchev–Trinajstić information content (AvgIpc) is 2.94. The molecule has 0 bridgehead atoms. The molecule has 0 spiro atoms. The van der Waals surface area contributed by atoms with Crippen LogP contribution < -0.4 is 10.1 Å². The van der Waals surface area contributed by atoms with Crippen LogP contribution in [0.2, 0.25) is 0 Å². The van der Waals surface area contributed by atoms with E-state index in [0.29, 0.717) is 19.6 Å².